The highest BCUT2D eigenvalue weighted by Gasteiger charge is 2.40. The van der Waals surface area contributed by atoms with Crippen molar-refractivity contribution < 1.29 is 14.5 Å². The molecule has 4 aromatic rings. The summed E-state index contributed by atoms with van der Waals surface area (Å²) in [5.74, 6) is -0.127. The predicted octanol–water partition coefficient (Wildman–Crippen LogP) is 3.46. The van der Waals surface area contributed by atoms with Crippen LogP contribution in [0.15, 0.2) is 73.1 Å². The second-order valence-electron chi connectivity index (χ2n) is 7.63. The fraction of sp³-hybridized carbons (Fsp3) is 0.130. The van der Waals surface area contributed by atoms with Crippen molar-refractivity contribution in [1.29, 1.82) is 0 Å². The van der Waals surface area contributed by atoms with E-state index in [1.54, 1.807) is 27.9 Å². The number of benzene rings is 2. The molecule has 3 heterocycles. The van der Waals surface area contributed by atoms with Gasteiger partial charge in [-0.2, -0.15) is 0 Å². The van der Waals surface area contributed by atoms with Crippen LogP contribution in [0.2, 0.25) is 0 Å². The number of carbonyl (C=O) groups excluding carboxylic acids is 2. The van der Waals surface area contributed by atoms with Crippen LogP contribution in [0, 0.1) is 10.1 Å². The molecular weight excluding hydrogens is 424 g/mol. The van der Waals surface area contributed by atoms with Crippen LogP contribution >= 0.6 is 0 Å². The summed E-state index contributed by atoms with van der Waals surface area (Å²) in [7, 11) is 0. The predicted molar refractivity (Wildman–Crippen MR) is 121 cm³/mol. The largest absolute Gasteiger partial charge is 0.326 e. The quantitative estimate of drug-likeness (QED) is 0.360. The summed E-state index contributed by atoms with van der Waals surface area (Å²) < 4.78 is 1.80. The lowest BCUT2D eigenvalue weighted by molar-refractivity contribution is -0.384. The summed E-state index contributed by atoms with van der Waals surface area (Å²) in [5.41, 5.74) is 2.69. The molecule has 10 nitrogen and oxygen atoms in total. The van der Waals surface area contributed by atoms with Crippen LogP contribution in [-0.2, 0) is 16.1 Å². The normalized spacial score (nSPS) is 15.0. The Kier molecular flexibility index (Phi) is 5.02. The van der Waals surface area contributed by atoms with Gasteiger partial charge >= 0.3 is 0 Å². The number of pyridine rings is 1. The number of anilines is 2. The minimum absolute atomic E-state index is 0.0699. The maximum atomic E-state index is 13.4. The molecule has 0 aliphatic carbocycles. The zero-order valence-corrected chi connectivity index (χ0v) is 17.3. The summed E-state index contributed by atoms with van der Waals surface area (Å²) in [6.07, 6.45) is 3.25. The number of nitrogens with one attached hydrogen (secondary N) is 1. The molecular formula is C23H18N6O4. The number of aromatic nitrogens is 3. The molecule has 0 saturated carbocycles. The van der Waals surface area contributed by atoms with Crippen LogP contribution in [0.1, 0.15) is 18.0 Å². The first-order valence-corrected chi connectivity index (χ1v) is 10.2. The van der Waals surface area contributed by atoms with E-state index in [4.69, 9.17) is 0 Å². The third-order valence-electron chi connectivity index (χ3n) is 5.49. The van der Waals surface area contributed by atoms with E-state index >= 15 is 0 Å². The first-order valence-electron chi connectivity index (χ1n) is 10.2. The first-order chi connectivity index (χ1) is 16.0. The fourth-order valence-electron chi connectivity index (χ4n) is 3.97. The lowest BCUT2D eigenvalue weighted by Crippen LogP contribution is -2.31. The lowest BCUT2D eigenvalue weighted by Gasteiger charge is -2.16. The van der Waals surface area contributed by atoms with Crippen molar-refractivity contribution in [3.05, 3.63) is 88.7 Å². The number of nitrogens with zero attached hydrogens (tertiary/aromatic N) is 5. The number of hydrogen-bond acceptors (Lipinski definition) is 6. The number of nitro groups is 1. The minimum atomic E-state index is -0.762. The van der Waals surface area contributed by atoms with Crippen molar-refractivity contribution in [2.75, 3.05) is 10.2 Å². The van der Waals surface area contributed by atoms with Gasteiger partial charge < -0.3 is 5.32 Å². The Morgan fingerprint density at radius 1 is 1.09 bits per heavy atom. The number of amides is 2. The van der Waals surface area contributed by atoms with E-state index in [1.165, 1.54) is 24.3 Å². The molecule has 0 saturated heterocycles. The van der Waals surface area contributed by atoms with Crippen LogP contribution < -0.4 is 10.2 Å². The molecule has 1 aliphatic heterocycles. The molecule has 0 fully saturated rings. The Hall–Kier alpha value is -4.60. The summed E-state index contributed by atoms with van der Waals surface area (Å²) in [4.78, 5) is 46.8. The molecule has 2 amide bonds. The van der Waals surface area contributed by atoms with Crippen molar-refractivity contribution in [3.8, 4) is 0 Å². The van der Waals surface area contributed by atoms with Gasteiger partial charge in [0.25, 0.3) is 11.6 Å². The van der Waals surface area contributed by atoms with Crippen LogP contribution in [-0.4, -0.2) is 31.3 Å². The zero-order valence-electron chi connectivity index (χ0n) is 17.3. The second-order valence-corrected chi connectivity index (χ2v) is 7.63. The molecule has 1 aliphatic rings. The molecule has 1 atom stereocenters. The molecule has 10 heteroatoms. The van der Waals surface area contributed by atoms with Gasteiger partial charge in [-0.3, -0.25) is 34.2 Å². The highest BCUT2D eigenvalue weighted by molar-refractivity contribution is 6.05. The lowest BCUT2D eigenvalue weighted by atomic mass is 10.1. The molecule has 33 heavy (non-hydrogen) atoms. The van der Waals surface area contributed by atoms with Crippen molar-refractivity contribution in [1.82, 2.24) is 14.5 Å². The van der Waals surface area contributed by atoms with Gasteiger partial charge in [0, 0.05) is 30.2 Å². The van der Waals surface area contributed by atoms with Gasteiger partial charge in [0.05, 0.1) is 28.9 Å². The van der Waals surface area contributed by atoms with E-state index in [1.807, 2.05) is 30.3 Å². The number of carbonyl (C=O) groups is 2. The van der Waals surface area contributed by atoms with Gasteiger partial charge in [0.1, 0.15) is 6.04 Å². The summed E-state index contributed by atoms with van der Waals surface area (Å²) in [5, 5.41) is 13.5. The number of imidazole rings is 1. The molecule has 0 spiro atoms. The van der Waals surface area contributed by atoms with Crippen LogP contribution in [0.3, 0.4) is 0 Å². The summed E-state index contributed by atoms with van der Waals surface area (Å²) in [6, 6.07) is 15.9. The SMILES string of the molecule is O=C(CC1C(=O)N(Cc2cccnc2)c2nc3ccccc3n21)Nc1ccc([N+](=O)[O-])cc1. The standard InChI is InChI=1S/C23H18N6O4/c30-21(25-16-7-9-17(10-8-16)29(32)33)12-20-22(31)27(14-15-4-3-11-24-13-15)23-26-18-5-1-2-6-19(18)28(20)23/h1-11,13,20H,12,14H2,(H,25,30). The van der Waals surface area contributed by atoms with E-state index < -0.39 is 11.0 Å². The van der Waals surface area contributed by atoms with Crippen molar-refractivity contribution in [3.63, 3.8) is 0 Å². The van der Waals surface area contributed by atoms with Crippen molar-refractivity contribution in [2.45, 2.75) is 19.0 Å². The second kappa shape index (κ2) is 8.15. The number of fused-ring (bicyclic) bond motifs is 3. The Morgan fingerprint density at radius 3 is 2.61 bits per heavy atom. The van der Waals surface area contributed by atoms with Crippen molar-refractivity contribution >= 4 is 40.2 Å². The zero-order chi connectivity index (χ0) is 22.9. The van der Waals surface area contributed by atoms with Crippen LogP contribution in [0.25, 0.3) is 11.0 Å². The van der Waals surface area contributed by atoms with Gasteiger partial charge in [-0.25, -0.2) is 4.98 Å². The number of non-ortho nitro benzene ring substituents is 1. The first kappa shape index (κ1) is 20.3. The number of rotatable bonds is 6. The Bertz CT molecular complexity index is 1370. The summed E-state index contributed by atoms with van der Waals surface area (Å²) >= 11 is 0. The molecule has 164 valence electrons. The third-order valence-corrected chi connectivity index (χ3v) is 5.49. The van der Waals surface area contributed by atoms with Crippen LogP contribution in [0.4, 0.5) is 17.3 Å². The Labute approximate surface area is 187 Å². The molecule has 2 aromatic heterocycles. The number of nitro benzene ring substituents is 1. The Morgan fingerprint density at radius 2 is 1.88 bits per heavy atom. The molecule has 1 N–H and O–H groups in total. The monoisotopic (exact) mass is 442 g/mol. The van der Waals surface area contributed by atoms with Gasteiger partial charge in [0.2, 0.25) is 11.9 Å². The molecule has 2 aromatic carbocycles. The van der Waals surface area contributed by atoms with E-state index in [0.717, 1.165) is 16.6 Å². The van der Waals surface area contributed by atoms with Gasteiger partial charge in [0.15, 0.2) is 0 Å². The van der Waals surface area contributed by atoms with Gasteiger partial charge in [-0.05, 0) is 35.9 Å². The van der Waals surface area contributed by atoms with Gasteiger partial charge in [-0.15, -0.1) is 0 Å². The average molecular weight is 442 g/mol. The molecule has 5 rings (SSSR count). The van der Waals surface area contributed by atoms with Crippen LogP contribution in [0.5, 0.6) is 0 Å². The van der Waals surface area contributed by atoms with Gasteiger partial charge in [-0.1, -0.05) is 18.2 Å². The molecule has 0 bridgehead atoms. The topological polar surface area (TPSA) is 123 Å². The van der Waals surface area contributed by atoms with E-state index in [2.05, 4.69) is 15.3 Å². The third kappa shape index (κ3) is 3.78. The maximum Gasteiger partial charge on any atom is 0.269 e. The summed E-state index contributed by atoms with van der Waals surface area (Å²) in [6.45, 7) is 0.288. The fourth-order valence-corrected chi connectivity index (χ4v) is 3.97. The maximum absolute atomic E-state index is 13.4. The average Bonchev–Trinajstić information content (AvgIpc) is 3.31. The highest BCUT2D eigenvalue weighted by atomic mass is 16.6. The van der Waals surface area contributed by atoms with Crippen molar-refractivity contribution in [2.24, 2.45) is 0 Å². The number of para-hydroxylation sites is 2. The Balaban J connectivity index is 1.43. The molecule has 0 radical (unpaired) electrons. The van der Waals surface area contributed by atoms with E-state index in [-0.39, 0.29) is 30.5 Å². The highest BCUT2D eigenvalue weighted by Crippen LogP contribution is 2.37. The minimum Gasteiger partial charge on any atom is -0.326 e. The molecule has 1 unspecified atom stereocenters. The number of hydrogen-bond donors (Lipinski definition) is 1. The van der Waals surface area contributed by atoms with E-state index in [0.29, 0.717) is 11.6 Å². The van der Waals surface area contributed by atoms with E-state index in [9.17, 15) is 19.7 Å². The smallest absolute Gasteiger partial charge is 0.269 e.